The van der Waals surface area contributed by atoms with Crippen LogP contribution in [0.1, 0.15) is 17.3 Å². The Hall–Kier alpha value is -1.93. The molecule has 0 atom stereocenters. The van der Waals surface area contributed by atoms with E-state index in [1.165, 1.54) is 38.4 Å². The van der Waals surface area contributed by atoms with Gasteiger partial charge in [0.25, 0.3) is 5.91 Å². The fourth-order valence-electron chi connectivity index (χ4n) is 1.58. The number of hydrogen-bond acceptors (Lipinski definition) is 5. The van der Waals surface area contributed by atoms with Crippen LogP contribution in [0, 0.1) is 0 Å². The van der Waals surface area contributed by atoms with E-state index in [9.17, 15) is 18.0 Å². The summed E-state index contributed by atoms with van der Waals surface area (Å²) in [6, 6.07) is 5.46. The Morgan fingerprint density at radius 1 is 1.24 bits per heavy atom. The van der Waals surface area contributed by atoms with Gasteiger partial charge in [-0.25, -0.2) is 8.42 Å². The summed E-state index contributed by atoms with van der Waals surface area (Å²) >= 11 is 0. The second kappa shape index (κ2) is 7.19. The molecule has 0 aliphatic rings. The van der Waals surface area contributed by atoms with Crippen molar-refractivity contribution < 1.29 is 22.7 Å². The number of rotatable bonds is 6. The Bertz CT molecular complexity index is 610. The van der Waals surface area contributed by atoms with Gasteiger partial charge in [0.1, 0.15) is 6.54 Å². The van der Waals surface area contributed by atoms with Crippen molar-refractivity contribution in [3.8, 4) is 0 Å². The summed E-state index contributed by atoms with van der Waals surface area (Å²) in [5.74, 6) is -0.926. The molecule has 0 radical (unpaired) electrons. The minimum absolute atomic E-state index is 0.00181. The van der Waals surface area contributed by atoms with Crippen molar-refractivity contribution in [1.29, 1.82) is 0 Å². The van der Waals surface area contributed by atoms with Crippen LogP contribution in [-0.2, 0) is 19.6 Å². The number of carbonyl (C=O) groups is 2. The van der Waals surface area contributed by atoms with Crippen LogP contribution < -0.4 is 5.32 Å². The van der Waals surface area contributed by atoms with Crippen molar-refractivity contribution >= 4 is 21.9 Å². The maximum atomic E-state index is 12.2. The topological polar surface area (TPSA) is 92.8 Å². The summed E-state index contributed by atoms with van der Waals surface area (Å²) in [4.78, 5) is 22.7. The molecule has 0 aliphatic heterocycles. The maximum Gasteiger partial charge on any atom is 0.321 e. The summed E-state index contributed by atoms with van der Waals surface area (Å²) in [6.45, 7) is 1.46. The molecule has 8 heteroatoms. The minimum atomic E-state index is -3.80. The number of likely N-dealkylation sites (N-methyl/N-ethyl adjacent to an activating group) is 1. The zero-order chi connectivity index (χ0) is 16.0. The highest BCUT2D eigenvalue weighted by Crippen LogP contribution is 2.15. The van der Waals surface area contributed by atoms with E-state index >= 15 is 0 Å². The Balaban J connectivity index is 2.92. The first-order valence-corrected chi connectivity index (χ1v) is 7.71. The molecular weight excluding hydrogens is 296 g/mol. The molecule has 116 valence electrons. The monoisotopic (exact) mass is 314 g/mol. The highest BCUT2D eigenvalue weighted by Gasteiger charge is 2.23. The molecule has 1 aromatic carbocycles. The van der Waals surface area contributed by atoms with E-state index in [0.29, 0.717) is 5.56 Å². The Morgan fingerprint density at radius 2 is 1.81 bits per heavy atom. The molecule has 0 unspecified atom stereocenters. The number of carbonyl (C=O) groups excluding carboxylic acids is 2. The average Bonchev–Trinajstić information content (AvgIpc) is 2.46. The van der Waals surface area contributed by atoms with Crippen molar-refractivity contribution in [2.45, 2.75) is 11.8 Å². The van der Waals surface area contributed by atoms with Crippen LogP contribution in [0.4, 0.5) is 0 Å². The van der Waals surface area contributed by atoms with Gasteiger partial charge in [-0.1, -0.05) is 0 Å². The molecule has 21 heavy (non-hydrogen) atoms. The van der Waals surface area contributed by atoms with Gasteiger partial charge in [-0.3, -0.25) is 9.59 Å². The fraction of sp³-hybridized carbons (Fsp3) is 0.385. The van der Waals surface area contributed by atoms with E-state index in [0.717, 1.165) is 4.31 Å². The highest BCUT2D eigenvalue weighted by atomic mass is 32.2. The van der Waals surface area contributed by atoms with Crippen LogP contribution in [0.3, 0.4) is 0 Å². The molecule has 0 aliphatic carbocycles. The fourth-order valence-corrected chi connectivity index (χ4v) is 2.69. The van der Waals surface area contributed by atoms with Crippen LogP contribution in [0.25, 0.3) is 0 Å². The normalized spacial score (nSPS) is 11.2. The highest BCUT2D eigenvalue weighted by molar-refractivity contribution is 7.89. The van der Waals surface area contributed by atoms with Crippen LogP contribution >= 0.6 is 0 Å². The lowest BCUT2D eigenvalue weighted by Crippen LogP contribution is -2.33. The first-order chi connectivity index (χ1) is 9.82. The van der Waals surface area contributed by atoms with Gasteiger partial charge in [0.05, 0.1) is 11.5 Å². The summed E-state index contributed by atoms with van der Waals surface area (Å²) in [5, 5.41) is 2.44. The minimum Gasteiger partial charge on any atom is -0.465 e. The number of hydrogen-bond donors (Lipinski definition) is 1. The standard InChI is InChI=1S/C13H18N2O5S/c1-4-20-12(16)9-15(3)21(18,19)11-7-5-10(6-8-11)13(17)14-2/h5-8H,4,9H2,1-3H3,(H,14,17). The molecule has 0 fully saturated rings. The van der Waals surface area contributed by atoms with Gasteiger partial charge in [-0.15, -0.1) is 0 Å². The van der Waals surface area contributed by atoms with E-state index < -0.39 is 16.0 Å². The van der Waals surface area contributed by atoms with Crippen LogP contribution in [0.5, 0.6) is 0 Å². The van der Waals surface area contributed by atoms with Gasteiger partial charge in [-0.05, 0) is 31.2 Å². The van der Waals surface area contributed by atoms with Gasteiger partial charge < -0.3 is 10.1 Å². The third-order valence-corrected chi connectivity index (χ3v) is 4.53. The Labute approximate surface area is 123 Å². The summed E-state index contributed by atoms with van der Waals surface area (Å²) in [7, 11) is -1.02. The molecule has 1 rings (SSSR count). The van der Waals surface area contributed by atoms with Crippen LogP contribution in [0.15, 0.2) is 29.2 Å². The molecule has 1 N–H and O–H groups in total. The number of benzene rings is 1. The molecule has 1 amide bonds. The third kappa shape index (κ3) is 4.27. The van der Waals surface area contributed by atoms with Crippen molar-refractivity contribution in [1.82, 2.24) is 9.62 Å². The summed E-state index contributed by atoms with van der Waals surface area (Å²) in [6.07, 6.45) is 0. The van der Waals surface area contributed by atoms with Gasteiger partial charge in [0.2, 0.25) is 10.0 Å². The van der Waals surface area contributed by atoms with Gasteiger partial charge >= 0.3 is 5.97 Å². The lowest BCUT2D eigenvalue weighted by atomic mass is 10.2. The molecule has 7 nitrogen and oxygen atoms in total. The van der Waals surface area contributed by atoms with Gasteiger partial charge in [0.15, 0.2) is 0 Å². The molecule has 0 bridgehead atoms. The van der Waals surface area contributed by atoms with E-state index in [4.69, 9.17) is 4.74 Å². The molecule has 0 heterocycles. The van der Waals surface area contributed by atoms with Gasteiger partial charge in [0, 0.05) is 19.7 Å². The first-order valence-electron chi connectivity index (χ1n) is 6.27. The predicted molar refractivity (Wildman–Crippen MR) is 76.3 cm³/mol. The van der Waals surface area contributed by atoms with Crippen LogP contribution in [0.2, 0.25) is 0 Å². The van der Waals surface area contributed by atoms with Gasteiger partial charge in [-0.2, -0.15) is 4.31 Å². The summed E-state index contributed by atoms with van der Waals surface area (Å²) in [5.41, 5.74) is 0.351. The second-order valence-electron chi connectivity index (χ2n) is 4.17. The summed E-state index contributed by atoms with van der Waals surface area (Å²) < 4.78 is 30.1. The zero-order valence-corrected chi connectivity index (χ0v) is 12.9. The van der Waals surface area contributed by atoms with Crippen molar-refractivity contribution in [3.05, 3.63) is 29.8 Å². The van der Waals surface area contributed by atoms with E-state index in [1.807, 2.05) is 0 Å². The average molecular weight is 314 g/mol. The predicted octanol–water partition coefficient (Wildman–Crippen LogP) is 0.230. The third-order valence-electron chi connectivity index (χ3n) is 2.71. The first kappa shape index (κ1) is 17.1. The molecule has 0 spiro atoms. The van der Waals surface area contributed by atoms with Crippen molar-refractivity contribution in [3.63, 3.8) is 0 Å². The number of amides is 1. The van der Waals surface area contributed by atoms with E-state index in [-0.39, 0.29) is 24.0 Å². The molecule has 1 aromatic rings. The second-order valence-corrected chi connectivity index (χ2v) is 6.21. The van der Waals surface area contributed by atoms with Crippen molar-refractivity contribution in [2.75, 3.05) is 27.2 Å². The quantitative estimate of drug-likeness (QED) is 0.759. The Morgan fingerprint density at radius 3 is 2.29 bits per heavy atom. The lowest BCUT2D eigenvalue weighted by molar-refractivity contribution is -0.143. The number of nitrogens with one attached hydrogen (secondary N) is 1. The SMILES string of the molecule is CCOC(=O)CN(C)S(=O)(=O)c1ccc(C(=O)NC)cc1. The van der Waals surface area contributed by atoms with E-state index in [2.05, 4.69) is 5.32 Å². The van der Waals surface area contributed by atoms with E-state index in [1.54, 1.807) is 6.92 Å². The maximum absolute atomic E-state index is 12.2. The molecule has 0 saturated carbocycles. The molecule has 0 aromatic heterocycles. The number of nitrogens with zero attached hydrogens (tertiary/aromatic N) is 1. The smallest absolute Gasteiger partial charge is 0.321 e. The van der Waals surface area contributed by atoms with Crippen molar-refractivity contribution in [2.24, 2.45) is 0 Å². The zero-order valence-electron chi connectivity index (χ0n) is 12.1. The Kier molecular flexibility index (Phi) is 5.86. The molecular formula is C13H18N2O5S. The lowest BCUT2D eigenvalue weighted by Gasteiger charge is -2.16. The van der Waals surface area contributed by atoms with Crippen LogP contribution in [-0.4, -0.2) is 51.8 Å². The number of sulfonamides is 1. The molecule has 0 saturated heterocycles. The number of ether oxygens (including phenoxy) is 1. The largest absolute Gasteiger partial charge is 0.465 e. The number of esters is 1.